The van der Waals surface area contributed by atoms with Gasteiger partial charge in [0.05, 0.1) is 28.4 Å². The lowest BCUT2D eigenvalue weighted by Gasteiger charge is -2.35. The molecule has 6 nitrogen and oxygen atoms in total. The summed E-state index contributed by atoms with van der Waals surface area (Å²) >= 11 is 0. The molecule has 2 aromatic carbocycles. The standard InChI is InChI=1S/C23H22N4O2/c28-22-15-27(14-17-13-25-20-5-1-2-6-21(20)26-17)11-9-23(22)29-18-7-8-19-16(12-18)4-3-10-24-19/h1-8,10,12-13,22-23,28H,9,11,14-15H2/t22-,23-/m1/s1. The number of nitrogens with zero attached hydrogens (tertiary/aromatic N) is 4. The number of rotatable bonds is 4. The normalized spacial score (nSPS) is 20.2. The topological polar surface area (TPSA) is 71.4 Å². The van der Waals surface area contributed by atoms with Crippen molar-refractivity contribution in [3.63, 3.8) is 0 Å². The zero-order chi connectivity index (χ0) is 19.6. The van der Waals surface area contributed by atoms with Gasteiger partial charge in [0.2, 0.25) is 0 Å². The summed E-state index contributed by atoms with van der Waals surface area (Å²) < 4.78 is 6.10. The minimum absolute atomic E-state index is 0.219. The molecule has 146 valence electrons. The fraction of sp³-hybridized carbons (Fsp3) is 0.261. The van der Waals surface area contributed by atoms with E-state index in [1.165, 1.54) is 0 Å². The minimum Gasteiger partial charge on any atom is -0.488 e. The first-order valence-corrected chi connectivity index (χ1v) is 9.87. The highest BCUT2D eigenvalue weighted by atomic mass is 16.5. The van der Waals surface area contributed by atoms with Crippen LogP contribution >= 0.6 is 0 Å². The molecule has 2 atom stereocenters. The molecule has 0 bridgehead atoms. The fourth-order valence-electron chi connectivity index (χ4n) is 3.86. The van der Waals surface area contributed by atoms with E-state index in [2.05, 4.69) is 19.9 Å². The van der Waals surface area contributed by atoms with Crippen LogP contribution in [0.15, 0.2) is 67.0 Å². The molecule has 0 saturated carbocycles. The molecule has 1 saturated heterocycles. The largest absolute Gasteiger partial charge is 0.488 e. The summed E-state index contributed by atoms with van der Waals surface area (Å²) in [7, 11) is 0. The van der Waals surface area contributed by atoms with Crippen LogP contribution in [0.1, 0.15) is 12.1 Å². The quantitative estimate of drug-likeness (QED) is 0.581. The number of ether oxygens (including phenoxy) is 1. The predicted octanol–water partition coefficient (Wildman–Crippen LogP) is 3.19. The third-order valence-electron chi connectivity index (χ3n) is 5.35. The summed E-state index contributed by atoms with van der Waals surface area (Å²) in [6, 6.07) is 17.6. The Labute approximate surface area is 168 Å². The van der Waals surface area contributed by atoms with Crippen molar-refractivity contribution < 1.29 is 9.84 Å². The molecule has 0 spiro atoms. The number of aliphatic hydroxyl groups excluding tert-OH is 1. The molecule has 0 aliphatic carbocycles. The number of aliphatic hydroxyl groups is 1. The average Bonchev–Trinajstić information content (AvgIpc) is 2.75. The molecular weight excluding hydrogens is 364 g/mol. The van der Waals surface area contributed by atoms with E-state index in [0.29, 0.717) is 13.1 Å². The number of piperidine rings is 1. The molecule has 1 N–H and O–H groups in total. The van der Waals surface area contributed by atoms with Crippen molar-refractivity contribution in [2.24, 2.45) is 0 Å². The molecule has 0 unspecified atom stereocenters. The molecule has 1 fully saturated rings. The Kier molecular flexibility index (Phi) is 4.79. The lowest BCUT2D eigenvalue weighted by atomic mass is 10.0. The van der Waals surface area contributed by atoms with Gasteiger partial charge >= 0.3 is 0 Å². The van der Waals surface area contributed by atoms with E-state index in [-0.39, 0.29) is 6.10 Å². The Hall–Kier alpha value is -3.09. The Morgan fingerprint density at radius 1 is 1.00 bits per heavy atom. The summed E-state index contributed by atoms with van der Waals surface area (Å²) in [6.07, 6.45) is 3.58. The van der Waals surface area contributed by atoms with Crippen molar-refractivity contribution in [1.29, 1.82) is 0 Å². The summed E-state index contributed by atoms with van der Waals surface area (Å²) in [5.41, 5.74) is 3.65. The van der Waals surface area contributed by atoms with Crippen molar-refractivity contribution in [2.75, 3.05) is 13.1 Å². The molecule has 0 amide bonds. The lowest BCUT2D eigenvalue weighted by molar-refractivity contribution is -0.0277. The molecule has 3 heterocycles. The number of pyridine rings is 1. The molecule has 4 aromatic rings. The van der Waals surface area contributed by atoms with Crippen LogP contribution in [0, 0.1) is 0 Å². The summed E-state index contributed by atoms with van der Waals surface area (Å²) in [5, 5.41) is 11.7. The maximum absolute atomic E-state index is 10.6. The van der Waals surface area contributed by atoms with Gasteiger partial charge in [-0.2, -0.15) is 0 Å². The number of para-hydroxylation sites is 2. The summed E-state index contributed by atoms with van der Waals surface area (Å²) in [4.78, 5) is 15.7. The Morgan fingerprint density at radius 3 is 2.79 bits per heavy atom. The highest BCUT2D eigenvalue weighted by Gasteiger charge is 2.29. The van der Waals surface area contributed by atoms with E-state index in [0.717, 1.165) is 46.3 Å². The number of β-amino-alcohol motifs (C(OH)–C–C–N with tert-alkyl or cyclic N) is 1. The van der Waals surface area contributed by atoms with Gasteiger partial charge in [-0.05, 0) is 42.8 Å². The third-order valence-corrected chi connectivity index (χ3v) is 5.35. The van der Waals surface area contributed by atoms with Crippen molar-refractivity contribution in [3.05, 3.63) is 72.7 Å². The summed E-state index contributed by atoms with van der Waals surface area (Å²) in [5.74, 6) is 0.767. The van der Waals surface area contributed by atoms with Crippen molar-refractivity contribution >= 4 is 21.9 Å². The Bertz CT molecular complexity index is 1150. The highest BCUT2D eigenvalue weighted by molar-refractivity contribution is 5.79. The molecule has 5 rings (SSSR count). The van der Waals surface area contributed by atoms with E-state index in [9.17, 15) is 5.11 Å². The maximum Gasteiger partial charge on any atom is 0.127 e. The van der Waals surface area contributed by atoms with Crippen LogP contribution < -0.4 is 4.74 Å². The van der Waals surface area contributed by atoms with Crippen LogP contribution in [0.2, 0.25) is 0 Å². The van der Waals surface area contributed by atoms with Crippen LogP contribution in [0.3, 0.4) is 0 Å². The van der Waals surface area contributed by atoms with Gasteiger partial charge in [0, 0.05) is 31.2 Å². The van der Waals surface area contributed by atoms with E-state index in [4.69, 9.17) is 4.74 Å². The number of benzene rings is 2. The van der Waals surface area contributed by atoms with Gasteiger partial charge in [-0.3, -0.25) is 14.9 Å². The zero-order valence-corrected chi connectivity index (χ0v) is 16.0. The molecule has 0 radical (unpaired) electrons. The van der Waals surface area contributed by atoms with Gasteiger partial charge in [-0.1, -0.05) is 18.2 Å². The monoisotopic (exact) mass is 386 g/mol. The maximum atomic E-state index is 10.6. The van der Waals surface area contributed by atoms with Gasteiger partial charge < -0.3 is 9.84 Å². The second-order valence-corrected chi connectivity index (χ2v) is 7.46. The van der Waals surface area contributed by atoms with E-state index < -0.39 is 6.10 Å². The first kappa shape index (κ1) is 18.0. The molecule has 1 aliphatic rings. The number of hydrogen-bond donors (Lipinski definition) is 1. The predicted molar refractivity (Wildman–Crippen MR) is 112 cm³/mol. The van der Waals surface area contributed by atoms with Gasteiger partial charge in [0.25, 0.3) is 0 Å². The molecular formula is C23H22N4O2. The Morgan fingerprint density at radius 2 is 1.90 bits per heavy atom. The van der Waals surface area contributed by atoms with E-state index in [1.807, 2.05) is 60.8 Å². The van der Waals surface area contributed by atoms with E-state index >= 15 is 0 Å². The van der Waals surface area contributed by atoms with Gasteiger partial charge in [0.15, 0.2) is 0 Å². The van der Waals surface area contributed by atoms with Crippen LogP contribution in [0.4, 0.5) is 0 Å². The lowest BCUT2D eigenvalue weighted by Crippen LogP contribution is -2.48. The van der Waals surface area contributed by atoms with Crippen LogP contribution in [0.5, 0.6) is 5.75 Å². The smallest absolute Gasteiger partial charge is 0.127 e. The number of hydrogen-bond acceptors (Lipinski definition) is 6. The van der Waals surface area contributed by atoms with Crippen molar-refractivity contribution in [3.8, 4) is 5.75 Å². The molecule has 2 aromatic heterocycles. The molecule has 6 heteroatoms. The highest BCUT2D eigenvalue weighted by Crippen LogP contribution is 2.24. The zero-order valence-electron chi connectivity index (χ0n) is 16.0. The van der Waals surface area contributed by atoms with Crippen LogP contribution in [0.25, 0.3) is 21.9 Å². The molecule has 29 heavy (non-hydrogen) atoms. The average molecular weight is 386 g/mol. The second kappa shape index (κ2) is 7.73. The SMILES string of the molecule is O[C@@H]1CN(Cc2cnc3ccccc3n2)CC[C@H]1Oc1ccc2ncccc2c1. The Balaban J connectivity index is 1.23. The number of aromatic nitrogens is 3. The van der Waals surface area contributed by atoms with Gasteiger partial charge in [0.1, 0.15) is 18.0 Å². The van der Waals surface area contributed by atoms with Crippen molar-refractivity contribution in [2.45, 2.75) is 25.2 Å². The minimum atomic E-state index is -0.554. The summed E-state index contributed by atoms with van der Waals surface area (Å²) in [6.45, 7) is 2.06. The van der Waals surface area contributed by atoms with Crippen LogP contribution in [-0.4, -0.2) is 50.3 Å². The molecule has 1 aliphatic heterocycles. The van der Waals surface area contributed by atoms with Gasteiger partial charge in [-0.25, -0.2) is 4.98 Å². The third kappa shape index (κ3) is 3.90. The first-order chi connectivity index (χ1) is 14.2. The second-order valence-electron chi connectivity index (χ2n) is 7.46. The van der Waals surface area contributed by atoms with Gasteiger partial charge in [-0.15, -0.1) is 0 Å². The van der Waals surface area contributed by atoms with Crippen molar-refractivity contribution in [1.82, 2.24) is 19.9 Å². The number of likely N-dealkylation sites (tertiary alicyclic amines) is 1. The van der Waals surface area contributed by atoms with Crippen LogP contribution in [-0.2, 0) is 6.54 Å². The number of fused-ring (bicyclic) bond motifs is 2. The first-order valence-electron chi connectivity index (χ1n) is 9.87. The van der Waals surface area contributed by atoms with E-state index in [1.54, 1.807) is 6.20 Å². The fourth-order valence-corrected chi connectivity index (χ4v) is 3.86.